The minimum absolute atomic E-state index is 0.142. The molecule has 1 fully saturated rings. The number of esters is 1. The first kappa shape index (κ1) is 16.5. The number of rotatable bonds is 5. The Kier molecular flexibility index (Phi) is 5.54. The highest BCUT2D eigenvalue weighted by atomic mass is 16.5. The van der Waals surface area contributed by atoms with Gasteiger partial charge in [-0.15, -0.1) is 0 Å². The largest absolute Gasteiger partial charge is 0.461 e. The van der Waals surface area contributed by atoms with Gasteiger partial charge in [-0.1, -0.05) is 0 Å². The van der Waals surface area contributed by atoms with Crippen LogP contribution in [0.2, 0.25) is 0 Å². The van der Waals surface area contributed by atoms with Crippen LogP contribution in [-0.4, -0.2) is 41.4 Å². The third kappa shape index (κ3) is 3.47. The van der Waals surface area contributed by atoms with Crippen molar-refractivity contribution in [1.29, 1.82) is 0 Å². The Morgan fingerprint density at radius 1 is 1.45 bits per heavy atom. The van der Waals surface area contributed by atoms with E-state index in [9.17, 15) is 9.59 Å². The van der Waals surface area contributed by atoms with Gasteiger partial charge in [0.2, 0.25) is 5.91 Å². The maximum atomic E-state index is 12.1. The molecule has 1 aromatic heterocycles. The van der Waals surface area contributed by atoms with Gasteiger partial charge in [-0.2, -0.15) is 5.10 Å². The molecule has 0 aromatic carbocycles. The second-order valence-electron chi connectivity index (χ2n) is 5.15. The topological polar surface area (TPSA) is 73.7 Å². The van der Waals surface area contributed by atoms with Crippen LogP contribution in [0.15, 0.2) is 6.20 Å². The first-order chi connectivity index (χ1) is 10.6. The SMILES string of the molecule is CCOC(=O)c1nn(C2CCCCO2)cc1N(CC)C(C)=O. The second kappa shape index (κ2) is 7.40. The van der Waals surface area contributed by atoms with Crippen molar-refractivity contribution in [2.24, 2.45) is 0 Å². The lowest BCUT2D eigenvalue weighted by molar-refractivity contribution is -0.116. The maximum Gasteiger partial charge on any atom is 0.361 e. The zero-order valence-corrected chi connectivity index (χ0v) is 13.4. The third-order valence-corrected chi connectivity index (χ3v) is 3.62. The molecule has 2 rings (SSSR count). The zero-order chi connectivity index (χ0) is 16.1. The average molecular weight is 309 g/mol. The number of hydrogen-bond donors (Lipinski definition) is 0. The summed E-state index contributed by atoms with van der Waals surface area (Å²) in [5.74, 6) is -0.663. The summed E-state index contributed by atoms with van der Waals surface area (Å²) in [5, 5.41) is 4.33. The van der Waals surface area contributed by atoms with Gasteiger partial charge < -0.3 is 14.4 Å². The summed E-state index contributed by atoms with van der Waals surface area (Å²) >= 11 is 0. The van der Waals surface area contributed by atoms with E-state index in [0.29, 0.717) is 18.8 Å². The Morgan fingerprint density at radius 2 is 2.23 bits per heavy atom. The van der Waals surface area contributed by atoms with Gasteiger partial charge in [-0.25, -0.2) is 9.48 Å². The summed E-state index contributed by atoms with van der Waals surface area (Å²) in [6, 6.07) is 0. The number of ether oxygens (including phenoxy) is 2. The smallest absolute Gasteiger partial charge is 0.361 e. The Bertz CT molecular complexity index is 535. The monoisotopic (exact) mass is 309 g/mol. The number of aromatic nitrogens is 2. The van der Waals surface area contributed by atoms with Crippen LogP contribution in [0.4, 0.5) is 5.69 Å². The van der Waals surface area contributed by atoms with Crippen molar-refractivity contribution in [3.63, 3.8) is 0 Å². The van der Waals surface area contributed by atoms with E-state index in [2.05, 4.69) is 5.10 Å². The molecule has 1 aliphatic rings. The van der Waals surface area contributed by atoms with Crippen molar-refractivity contribution in [2.45, 2.75) is 46.3 Å². The van der Waals surface area contributed by atoms with E-state index >= 15 is 0 Å². The van der Waals surface area contributed by atoms with Crippen LogP contribution >= 0.6 is 0 Å². The standard InChI is InChI=1S/C15H23N3O4/c1-4-17(11(3)19)12-10-18(13-8-6-7-9-22-13)16-14(12)15(20)21-5-2/h10,13H,4-9H2,1-3H3. The summed E-state index contributed by atoms with van der Waals surface area (Å²) in [6.45, 7) is 6.45. The molecule has 22 heavy (non-hydrogen) atoms. The van der Waals surface area contributed by atoms with Crippen molar-refractivity contribution < 1.29 is 19.1 Å². The lowest BCUT2D eigenvalue weighted by Gasteiger charge is -2.22. The molecular weight excluding hydrogens is 286 g/mol. The van der Waals surface area contributed by atoms with Crippen LogP contribution in [0, 0.1) is 0 Å². The maximum absolute atomic E-state index is 12.1. The molecule has 7 heteroatoms. The summed E-state index contributed by atoms with van der Waals surface area (Å²) in [6.07, 6.45) is 4.44. The number of nitrogens with zero attached hydrogens (tertiary/aromatic N) is 3. The number of anilines is 1. The summed E-state index contributed by atoms with van der Waals surface area (Å²) in [5.41, 5.74) is 0.635. The average Bonchev–Trinajstić information content (AvgIpc) is 2.94. The summed E-state index contributed by atoms with van der Waals surface area (Å²) in [4.78, 5) is 25.4. The molecule has 2 heterocycles. The van der Waals surface area contributed by atoms with Crippen LogP contribution < -0.4 is 4.90 Å². The number of carbonyl (C=O) groups is 2. The molecular formula is C15H23N3O4. The lowest BCUT2D eigenvalue weighted by Crippen LogP contribution is -2.29. The van der Waals surface area contributed by atoms with Crippen molar-refractivity contribution >= 4 is 17.6 Å². The van der Waals surface area contributed by atoms with Crippen LogP contribution in [0.3, 0.4) is 0 Å². The van der Waals surface area contributed by atoms with Gasteiger partial charge in [-0.3, -0.25) is 4.79 Å². The lowest BCUT2D eigenvalue weighted by atomic mass is 10.2. The highest BCUT2D eigenvalue weighted by molar-refractivity contribution is 6.00. The van der Waals surface area contributed by atoms with Crippen molar-refractivity contribution in [2.75, 3.05) is 24.7 Å². The molecule has 1 aromatic rings. The predicted molar refractivity (Wildman–Crippen MR) is 80.7 cm³/mol. The third-order valence-electron chi connectivity index (χ3n) is 3.62. The van der Waals surface area contributed by atoms with E-state index in [1.165, 1.54) is 11.8 Å². The molecule has 122 valence electrons. The van der Waals surface area contributed by atoms with E-state index < -0.39 is 5.97 Å². The van der Waals surface area contributed by atoms with E-state index in [1.54, 1.807) is 17.8 Å². The van der Waals surface area contributed by atoms with Crippen LogP contribution in [0.1, 0.15) is 56.8 Å². The molecule has 0 saturated carbocycles. The van der Waals surface area contributed by atoms with Gasteiger partial charge in [0.15, 0.2) is 5.69 Å². The van der Waals surface area contributed by atoms with Crippen LogP contribution in [0.25, 0.3) is 0 Å². The van der Waals surface area contributed by atoms with E-state index in [1.807, 2.05) is 6.92 Å². The quantitative estimate of drug-likeness (QED) is 0.779. The Hall–Kier alpha value is -1.89. The molecule has 1 aliphatic heterocycles. The predicted octanol–water partition coefficient (Wildman–Crippen LogP) is 2.13. The molecule has 0 bridgehead atoms. The molecule has 1 atom stereocenters. The van der Waals surface area contributed by atoms with Gasteiger partial charge >= 0.3 is 5.97 Å². The van der Waals surface area contributed by atoms with Crippen LogP contribution in [-0.2, 0) is 14.3 Å². The molecule has 0 radical (unpaired) electrons. The Labute approximate surface area is 130 Å². The molecule has 1 saturated heterocycles. The molecule has 1 amide bonds. The molecule has 7 nitrogen and oxygen atoms in total. The van der Waals surface area contributed by atoms with E-state index in [-0.39, 0.29) is 24.4 Å². The Morgan fingerprint density at radius 3 is 2.77 bits per heavy atom. The van der Waals surface area contributed by atoms with Crippen molar-refractivity contribution in [3.05, 3.63) is 11.9 Å². The Balaban J connectivity index is 2.37. The fourth-order valence-corrected chi connectivity index (χ4v) is 2.57. The highest BCUT2D eigenvalue weighted by Crippen LogP contribution is 2.27. The fourth-order valence-electron chi connectivity index (χ4n) is 2.57. The molecule has 0 aliphatic carbocycles. The minimum atomic E-state index is -0.522. The molecule has 0 spiro atoms. The summed E-state index contributed by atoms with van der Waals surface area (Å²) < 4.78 is 12.4. The van der Waals surface area contributed by atoms with Crippen LogP contribution in [0.5, 0.6) is 0 Å². The van der Waals surface area contributed by atoms with Gasteiger partial charge in [0, 0.05) is 20.1 Å². The normalized spacial score (nSPS) is 18.0. The van der Waals surface area contributed by atoms with Gasteiger partial charge in [-0.05, 0) is 33.1 Å². The number of amides is 1. The highest BCUT2D eigenvalue weighted by Gasteiger charge is 2.27. The van der Waals surface area contributed by atoms with Crippen molar-refractivity contribution in [3.8, 4) is 0 Å². The first-order valence-corrected chi connectivity index (χ1v) is 7.74. The molecule has 1 unspecified atom stereocenters. The van der Waals surface area contributed by atoms with Crippen molar-refractivity contribution in [1.82, 2.24) is 9.78 Å². The minimum Gasteiger partial charge on any atom is -0.461 e. The molecule has 0 N–H and O–H groups in total. The second-order valence-corrected chi connectivity index (χ2v) is 5.15. The van der Waals surface area contributed by atoms with E-state index in [4.69, 9.17) is 9.47 Å². The number of carbonyl (C=O) groups excluding carboxylic acids is 2. The fraction of sp³-hybridized carbons (Fsp3) is 0.667. The van der Waals surface area contributed by atoms with E-state index in [0.717, 1.165) is 19.3 Å². The van der Waals surface area contributed by atoms with Gasteiger partial charge in [0.05, 0.1) is 18.5 Å². The first-order valence-electron chi connectivity index (χ1n) is 7.74. The van der Waals surface area contributed by atoms with Gasteiger partial charge in [0.25, 0.3) is 0 Å². The summed E-state index contributed by atoms with van der Waals surface area (Å²) in [7, 11) is 0. The van der Waals surface area contributed by atoms with Gasteiger partial charge in [0.1, 0.15) is 6.23 Å². The number of hydrogen-bond acceptors (Lipinski definition) is 5. The zero-order valence-electron chi connectivity index (χ0n) is 13.4.